The summed E-state index contributed by atoms with van der Waals surface area (Å²) in [5.41, 5.74) is -3.60. The molecule has 5 aliphatic heterocycles. The van der Waals surface area contributed by atoms with E-state index in [-0.39, 0.29) is 158 Å². The van der Waals surface area contributed by atoms with Crippen LogP contribution in [0.4, 0.5) is 4.79 Å². The Morgan fingerprint density at radius 3 is 1.43 bits per heavy atom. The highest BCUT2D eigenvalue weighted by atomic mass is 32.2. The molecule has 0 aromatic carbocycles. The van der Waals surface area contributed by atoms with Gasteiger partial charge in [-0.3, -0.25) is 52.1 Å². The SMILES string of the molecule is CC1C(=O)OC(=O)C1C.CC1OC(=O)OC1C.CCC(C)(C)C(=O)OC1(C)CCCC(C(C)(C)C)C1.CCC(C)(C)C(=O)OC1CC2CC1C1(CCOC1=O)C2.CCC(C)(C)C(=O)OC1COC(=O)C1.CCC(C)(C)C(=O)OCC(=O)OC1C2CC3C1OS(=O)(=O)C3C2.CCC(C)(C)OC12CC3CC(CC(OC(=O)C(C)(C)CC)(C3)C1)C2.CCC1(OC(=O)C(C)(C)CC)CCC(C(C)C)CC1. The Morgan fingerprint density at radius 2 is 1.00 bits per heavy atom. The Bertz CT molecular complexity index is 4200. The minimum absolute atomic E-state index is 0.0130. The van der Waals surface area contributed by atoms with Gasteiger partial charge in [-0.2, -0.15) is 8.42 Å². The molecule has 15 aliphatic rings. The smallest absolute Gasteiger partial charge is 0.465 e. The molecule has 136 heavy (non-hydrogen) atoms. The van der Waals surface area contributed by atoms with E-state index in [1.165, 1.54) is 25.7 Å². The Morgan fingerprint density at radius 1 is 0.507 bits per heavy atom. The van der Waals surface area contributed by atoms with Gasteiger partial charge in [-0.25, -0.2) is 9.59 Å². The van der Waals surface area contributed by atoms with Crippen LogP contribution < -0.4 is 0 Å². The summed E-state index contributed by atoms with van der Waals surface area (Å²) in [6, 6.07) is 0. The van der Waals surface area contributed by atoms with Crippen LogP contribution in [0.15, 0.2) is 0 Å². The molecule has 28 nitrogen and oxygen atoms in total. The number of carbonyl (C=O) groups excluding carboxylic acids is 12. The van der Waals surface area contributed by atoms with Gasteiger partial charge in [-0.15, -0.1) is 0 Å². The van der Waals surface area contributed by atoms with Crippen LogP contribution in [0, 0.1) is 108 Å². The maximum atomic E-state index is 12.8. The van der Waals surface area contributed by atoms with Gasteiger partial charge in [0.15, 0.2) is 6.61 Å². The number of fused-ring (bicyclic) bond motifs is 4. The van der Waals surface area contributed by atoms with E-state index >= 15 is 0 Å². The molecule has 10 saturated carbocycles. The molecule has 8 bridgehead atoms. The number of rotatable bonds is 25. The molecule has 0 aromatic heterocycles. The lowest BCUT2D eigenvalue weighted by atomic mass is 9.52. The average Bonchev–Trinajstić information content (AvgIpc) is 1.39. The van der Waals surface area contributed by atoms with Gasteiger partial charge in [0.1, 0.15) is 60.0 Å². The summed E-state index contributed by atoms with van der Waals surface area (Å²) in [5, 5.41) is -0.448. The van der Waals surface area contributed by atoms with Gasteiger partial charge in [0.2, 0.25) is 0 Å². The van der Waals surface area contributed by atoms with Crippen molar-refractivity contribution in [1.29, 1.82) is 0 Å². The van der Waals surface area contributed by atoms with E-state index in [0.29, 0.717) is 61.4 Å². The van der Waals surface area contributed by atoms with E-state index < -0.39 is 80.5 Å². The van der Waals surface area contributed by atoms with Crippen molar-refractivity contribution in [3.8, 4) is 0 Å². The van der Waals surface area contributed by atoms with Crippen molar-refractivity contribution in [3.63, 3.8) is 0 Å². The van der Waals surface area contributed by atoms with E-state index in [2.05, 4.69) is 97.3 Å². The van der Waals surface area contributed by atoms with Crippen LogP contribution >= 0.6 is 0 Å². The molecule has 18 atom stereocenters. The van der Waals surface area contributed by atoms with Gasteiger partial charge in [0.25, 0.3) is 10.1 Å². The molecule has 1 spiro atoms. The van der Waals surface area contributed by atoms with Gasteiger partial charge in [-0.05, 0) is 332 Å². The molecule has 18 unspecified atom stereocenters. The highest BCUT2D eigenvalue weighted by Crippen LogP contribution is 2.64. The predicted molar refractivity (Wildman–Crippen MR) is 513 cm³/mol. The first-order chi connectivity index (χ1) is 62.6. The zero-order valence-corrected chi connectivity index (χ0v) is 90.2. The summed E-state index contributed by atoms with van der Waals surface area (Å²) < 4.78 is 98.4. The molecule has 0 N–H and O–H groups in total. The standard InChI is InChI=1S/C21H36O3.2C17H32O2.C16H24O4.C15H22O7S.C10H16O4.C6H8O3.C5H8O3/c1-7-18(3,4)17(22)23-20-10-15-9-16(11-20)13-21(12-15,14-20)24-19(5,6)8-2;1-8-16(5,6)14(18)19-17(7)11-9-10-13(12-17)15(2,3)4;1-7-16(5,6)15(18)19-17(8-2)11-9-14(10-12-17)13(3)4;1-4-15(2,3)13(17)20-12-8-10-7-11(12)16(9-10)5-6-19-14(16)18;1-4-15(2,3)14(17)20-7-11(16)21-12-8-5-9-10(6-8)23(18,19)22-13(9)12;1-4-10(2,3)9(12)14-7-5-8(11)13-6-7;1-3-4(2)6(8)9-5(3)7;1-3-4(2)8-5(6)7-3/h15-16H,7-14H2,1-6H3;13H,8-12H2,1-7H3;13-14H,7-12H2,1-6H3;10-12H,4-9H2,1-3H3;8-10,12-13H,4-7H2,1-3H3;7H,4-6H2,1-3H3;3-4H,1-2H3;3-4H,1-2H3. The second-order valence-corrected chi connectivity index (χ2v) is 50.4. The highest BCUT2D eigenvalue weighted by Gasteiger charge is 2.67. The minimum atomic E-state index is -3.53. The first-order valence-corrected chi connectivity index (χ1v) is 53.2. The van der Waals surface area contributed by atoms with Crippen LogP contribution in [0.5, 0.6) is 0 Å². The number of hydrogen-bond donors (Lipinski definition) is 0. The molecule has 15 fully saturated rings. The monoisotopic (exact) mass is 1940 g/mol. The lowest BCUT2D eigenvalue weighted by molar-refractivity contribution is -0.263. The van der Waals surface area contributed by atoms with Gasteiger partial charge in [0, 0.05) is 24.2 Å². The van der Waals surface area contributed by atoms with Crippen LogP contribution in [0.1, 0.15) is 408 Å². The fourth-order valence-corrected chi connectivity index (χ4v) is 23.1. The molecular weight excluding hydrogens is 1770 g/mol. The van der Waals surface area contributed by atoms with Crippen LogP contribution in [0.2, 0.25) is 0 Å². The molecule has 0 radical (unpaired) electrons. The van der Waals surface area contributed by atoms with Gasteiger partial charge in [0.05, 0.1) is 79.2 Å². The summed E-state index contributed by atoms with van der Waals surface area (Å²) in [6.45, 7) is 64.5. The molecule has 780 valence electrons. The number of carbonyl (C=O) groups is 12. The van der Waals surface area contributed by atoms with Crippen molar-refractivity contribution >= 4 is 81.9 Å². The molecule has 0 amide bonds. The van der Waals surface area contributed by atoms with E-state index in [1.54, 1.807) is 41.5 Å². The lowest BCUT2D eigenvalue weighted by Crippen LogP contribution is -2.63. The van der Waals surface area contributed by atoms with Crippen molar-refractivity contribution in [2.45, 2.75) is 478 Å². The van der Waals surface area contributed by atoms with Crippen LogP contribution in [-0.2, 0) is 129 Å². The summed E-state index contributed by atoms with van der Waals surface area (Å²) >= 11 is 0. The predicted octanol–water partition coefficient (Wildman–Crippen LogP) is 21.4. The zero-order valence-electron chi connectivity index (χ0n) is 89.4. The van der Waals surface area contributed by atoms with E-state index in [9.17, 15) is 66.0 Å². The Labute approximate surface area is 815 Å². The Hall–Kier alpha value is -6.49. The maximum Gasteiger partial charge on any atom is 0.509 e. The van der Waals surface area contributed by atoms with Crippen LogP contribution in [0.25, 0.3) is 0 Å². The quantitative estimate of drug-likeness (QED) is 0.0354. The average molecular weight is 1940 g/mol. The fourth-order valence-electron chi connectivity index (χ4n) is 21.2. The highest BCUT2D eigenvalue weighted by molar-refractivity contribution is 7.87. The molecule has 5 saturated heterocycles. The van der Waals surface area contributed by atoms with Crippen molar-refractivity contribution in [3.05, 3.63) is 0 Å². The molecule has 15 rings (SSSR count). The van der Waals surface area contributed by atoms with Crippen LogP contribution in [0.3, 0.4) is 0 Å². The largest absolute Gasteiger partial charge is 0.509 e. The topological polar surface area (TPSA) is 368 Å². The lowest BCUT2D eigenvalue weighted by Gasteiger charge is -2.62. The van der Waals surface area contributed by atoms with Crippen molar-refractivity contribution in [1.82, 2.24) is 0 Å². The maximum absolute atomic E-state index is 12.8. The number of cyclic esters (lactones) is 6. The normalized spacial score (nSPS) is 33.6. The van der Waals surface area contributed by atoms with Crippen molar-refractivity contribution < 1.29 is 132 Å². The Balaban J connectivity index is 0.000000216. The first kappa shape index (κ1) is 116. The first-order valence-electron chi connectivity index (χ1n) is 51.7. The number of hydrogen-bond acceptors (Lipinski definition) is 28. The third kappa shape index (κ3) is 29.4. The van der Waals surface area contributed by atoms with E-state index in [4.69, 9.17) is 51.6 Å². The van der Waals surface area contributed by atoms with Gasteiger partial charge < -0.3 is 61.6 Å². The van der Waals surface area contributed by atoms with E-state index in [1.807, 2.05) is 96.9 Å². The molecule has 0 aromatic rings. The number of ether oxygens (including phenoxy) is 13. The third-order valence-electron chi connectivity index (χ3n) is 34.0. The van der Waals surface area contributed by atoms with Gasteiger partial charge in [-0.1, -0.05) is 104 Å². The zero-order chi connectivity index (χ0) is 103. The Kier molecular flexibility index (Phi) is 39.3. The van der Waals surface area contributed by atoms with Gasteiger partial charge >= 0.3 is 71.8 Å². The minimum Gasteiger partial charge on any atom is -0.465 e. The molecule has 5 heterocycles. The fraction of sp³-hybridized carbons (Fsp3) is 0.888. The number of esters is 11. The third-order valence-corrected chi connectivity index (χ3v) is 35.8. The molecule has 29 heteroatoms. The van der Waals surface area contributed by atoms with E-state index in [0.717, 1.165) is 140 Å². The second kappa shape index (κ2) is 45.8. The molecular formula is C107H178O28S. The summed E-state index contributed by atoms with van der Waals surface area (Å²) in [7, 11) is -3.53. The summed E-state index contributed by atoms with van der Waals surface area (Å²) in [4.78, 5) is 139. The molecule has 10 aliphatic carbocycles. The summed E-state index contributed by atoms with van der Waals surface area (Å²) in [6.07, 6.45) is 24.8. The second-order valence-electron chi connectivity index (χ2n) is 48.6. The van der Waals surface area contributed by atoms with Crippen molar-refractivity contribution in [2.24, 2.45) is 108 Å². The van der Waals surface area contributed by atoms with Crippen molar-refractivity contribution in [2.75, 3.05) is 19.8 Å². The summed E-state index contributed by atoms with van der Waals surface area (Å²) in [5.74, 6) is 0.943. The van der Waals surface area contributed by atoms with Crippen LogP contribution in [-0.4, -0.2) is 170 Å².